The van der Waals surface area contributed by atoms with Crippen LogP contribution in [-0.4, -0.2) is 23.8 Å². The van der Waals surface area contributed by atoms with Crippen molar-refractivity contribution in [3.8, 4) is 0 Å². The first-order valence-corrected chi connectivity index (χ1v) is 2.64. The summed E-state index contributed by atoms with van der Waals surface area (Å²) >= 11 is 0. The summed E-state index contributed by atoms with van der Waals surface area (Å²) in [5.74, 6) is -1.75. The number of alkyl halides is 1. The molecule has 9 heavy (non-hydrogen) atoms. The number of carboxylic acid groups (broad SMARTS) is 1. The second kappa shape index (κ2) is 3.40. The lowest BCUT2D eigenvalue weighted by Gasteiger charge is -2.10. The fourth-order valence-corrected chi connectivity index (χ4v) is 0.339. The van der Waals surface area contributed by atoms with E-state index in [4.69, 9.17) is 10.8 Å². The van der Waals surface area contributed by atoms with Gasteiger partial charge in [0.05, 0.1) is 6.67 Å². The minimum atomic E-state index is -1.15. The van der Waals surface area contributed by atoms with Crippen molar-refractivity contribution in [1.82, 2.24) is 0 Å². The van der Waals surface area contributed by atoms with Crippen LogP contribution in [0.4, 0.5) is 4.39 Å². The van der Waals surface area contributed by atoms with Crippen LogP contribution in [0.15, 0.2) is 0 Å². The average molecular weight is 135 g/mol. The van der Waals surface area contributed by atoms with Crippen molar-refractivity contribution >= 4 is 5.97 Å². The largest absolute Gasteiger partial charge is 0.480 e. The molecule has 0 spiro atoms. The molecule has 1 unspecified atom stereocenters. The highest BCUT2D eigenvalue weighted by Crippen LogP contribution is 2.00. The molecule has 0 rings (SSSR count). The SMILES string of the molecule is C[C@@H](CF)C(N)C(=O)O. The Morgan fingerprint density at radius 2 is 2.33 bits per heavy atom. The Labute approximate surface area is 52.7 Å². The van der Waals surface area contributed by atoms with Crippen LogP contribution in [0, 0.1) is 5.92 Å². The summed E-state index contributed by atoms with van der Waals surface area (Å²) in [5.41, 5.74) is 5.03. The van der Waals surface area contributed by atoms with E-state index in [2.05, 4.69) is 0 Å². The minimum absolute atomic E-state index is 0.595. The van der Waals surface area contributed by atoms with Gasteiger partial charge in [-0.05, 0) is 0 Å². The lowest BCUT2D eigenvalue weighted by Crippen LogP contribution is -2.37. The van der Waals surface area contributed by atoms with Crippen molar-refractivity contribution in [3.63, 3.8) is 0 Å². The number of aliphatic carboxylic acids is 1. The summed E-state index contributed by atoms with van der Waals surface area (Å²) in [7, 11) is 0. The van der Waals surface area contributed by atoms with Gasteiger partial charge < -0.3 is 10.8 Å². The van der Waals surface area contributed by atoms with Gasteiger partial charge in [0, 0.05) is 5.92 Å². The summed E-state index contributed by atoms with van der Waals surface area (Å²) in [6.07, 6.45) is 0. The maximum atomic E-state index is 11.7. The van der Waals surface area contributed by atoms with E-state index >= 15 is 0 Å². The van der Waals surface area contributed by atoms with Crippen molar-refractivity contribution in [2.24, 2.45) is 11.7 Å². The molecule has 0 radical (unpaired) electrons. The predicted octanol–water partition coefficient (Wildman–Crippen LogP) is 0.00390. The number of hydrogen-bond donors (Lipinski definition) is 2. The second-order valence-electron chi connectivity index (χ2n) is 2.00. The van der Waals surface area contributed by atoms with Gasteiger partial charge in [0.15, 0.2) is 0 Å². The Kier molecular flexibility index (Phi) is 3.16. The quantitative estimate of drug-likeness (QED) is 0.572. The third-order valence-electron chi connectivity index (χ3n) is 1.14. The molecule has 0 heterocycles. The van der Waals surface area contributed by atoms with Crippen molar-refractivity contribution in [2.75, 3.05) is 6.67 Å². The molecule has 0 fully saturated rings. The zero-order chi connectivity index (χ0) is 7.44. The van der Waals surface area contributed by atoms with E-state index in [1.807, 2.05) is 0 Å². The van der Waals surface area contributed by atoms with Crippen LogP contribution in [0.2, 0.25) is 0 Å². The van der Waals surface area contributed by atoms with Crippen LogP contribution in [0.3, 0.4) is 0 Å². The standard InChI is InChI=1S/C5H10FNO2/c1-3(2-6)4(7)5(8)9/h3-4H,2,7H2,1H3,(H,8,9)/t3-,4?/m0/s1. The van der Waals surface area contributed by atoms with Crippen LogP contribution in [0.25, 0.3) is 0 Å². The highest BCUT2D eigenvalue weighted by molar-refractivity contribution is 5.73. The highest BCUT2D eigenvalue weighted by Gasteiger charge is 2.18. The molecule has 0 saturated carbocycles. The average Bonchev–Trinajstić information content (AvgIpc) is 1.84. The number of hydrogen-bond acceptors (Lipinski definition) is 2. The third-order valence-corrected chi connectivity index (χ3v) is 1.14. The molecule has 0 aliphatic heterocycles. The fraction of sp³-hybridized carbons (Fsp3) is 0.800. The van der Waals surface area contributed by atoms with Crippen molar-refractivity contribution in [2.45, 2.75) is 13.0 Å². The summed E-state index contributed by atoms with van der Waals surface area (Å²) in [6, 6.07) is -1.07. The van der Waals surface area contributed by atoms with Crippen LogP contribution in [0.5, 0.6) is 0 Å². The molecule has 0 aromatic carbocycles. The molecule has 0 aromatic heterocycles. The molecule has 0 aliphatic carbocycles. The lowest BCUT2D eigenvalue weighted by atomic mass is 10.1. The molecule has 3 N–H and O–H groups in total. The topological polar surface area (TPSA) is 63.3 Å². The molecule has 3 nitrogen and oxygen atoms in total. The number of nitrogens with two attached hydrogens (primary N) is 1. The highest BCUT2D eigenvalue weighted by atomic mass is 19.1. The van der Waals surface area contributed by atoms with Crippen molar-refractivity contribution in [3.05, 3.63) is 0 Å². The van der Waals surface area contributed by atoms with Gasteiger partial charge >= 0.3 is 5.97 Å². The number of halogens is 1. The smallest absolute Gasteiger partial charge is 0.320 e. The maximum absolute atomic E-state index is 11.7. The van der Waals surface area contributed by atoms with Gasteiger partial charge in [-0.15, -0.1) is 0 Å². The lowest BCUT2D eigenvalue weighted by molar-refractivity contribution is -0.139. The summed E-state index contributed by atoms with van der Waals surface area (Å²) < 4.78 is 11.7. The Morgan fingerprint density at radius 1 is 1.89 bits per heavy atom. The molecule has 54 valence electrons. The Balaban J connectivity index is 3.72. The van der Waals surface area contributed by atoms with Gasteiger partial charge in [-0.1, -0.05) is 6.92 Å². The first-order valence-electron chi connectivity index (χ1n) is 2.64. The van der Waals surface area contributed by atoms with Crippen LogP contribution < -0.4 is 5.73 Å². The van der Waals surface area contributed by atoms with Crippen LogP contribution in [0.1, 0.15) is 6.92 Å². The summed E-state index contributed by atoms with van der Waals surface area (Å²) in [4.78, 5) is 10.0. The molecular formula is C5H10FNO2. The Bertz CT molecular complexity index is 107. The molecule has 0 aromatic rings. The molecule has 0 bridgehead atoms. The molecule has 0 aliphatic rings. The zero-order valence-corrected chi connectivity index (χ0v) is 5.17. The van der Waals surface area contributed by atoms with Gasteiger partial charge in [0.25, 0.3) is 0 Å². The van der Waals surface area contributed by atoms with Crippen molar-refractivity contribution in [1.29, 1.82) is 0 Å². The predicted molar refractivity (Wildman–Crippen MR) is 30.8 cm³/mol. The molecule has 4 heteroatoms. The normalized spacial score (nSPS) is 16.8. The second-order valence-corrected chi connectivity index (χ2v) is 2.00. The van der Waals surface area contributed by atoms with E-state index in [1.165, 1.54) is 6.92 Å². The van der Waals surface area contributed by atoms with E-state index in [-0.39, 0.29) is 0 Å². The van der Waals surface area contributed by atoms with Gasteiger partial charge in [0.1, 0.15) is 6.04 Å². The minimum Gasteiger partial charge on any atom is -0.480 e. The third kappa shape index (κ3) is 2.41. The van der Waals surface area contributed by atoms with Gasteiger partial charge in [-0.2, -0.15) is 0 Å². The number of carboxylic acids is 1. The van der Waals surface area contributed by atoms with E-state index in [9.17, 15) is 9.18 Å². The van der Waals surface area contributed by atoms with Crippen LogP contribution >= 0.6 is 0 Å². The fourth-order valence-electron chi connectivity index (χ4n) is 0.339. The summed E-state index contributed by atoms with van der Waals surface area (Å²) in [6.45, 7) is 0.770. The molecule has 0 amide bonds. The first-order chi connectivity index (χ1) is 4.09. The van der Waals surface area contributed by atoms with E-state index in [0.717, 1.165) is 0 Å². The van der Waals surface area contributed by atoms with Gasteiger partial charge in [-0.25, -0.2) is 0 Å². The zero-order valence-electron chi connectivity index (χ0n) is 5.17. The van der Waals surface area contributed by atoms with Crippen molar-refractivity contribution < 1.29 is 14.3 Å². The molecular weight excluding hydrogens is 125 g/mol. The number of carbonyl (C=O) groups is 1. The van der Waals surface area contributed by atoms with E-state index in [1.54, 1.807) is 0 Å². The van der Waals surface area contributed by atoms with Crippen LogP contribution in [-0.2, 0) is 4.79 Å². The Morgan fingerprint density at radius 3 is 2.44 bits per heavy atom. The molecule has 0 saturated heterocycles. The Hall–Kier alpha value is -0.640. The first kappa shape index (κ1) is 8.36. The monoisotopic (exact) mass is 135 g/mol. The van der Waals surface area contributed by atoms with Gasteiger partial charge in [-0.3, -0.25) is 9.18 Å². The van der Waals surface area contributed by atoms with E-state index < -0.39 is 24.6 Å². The molecule has 2 atom stereocenters. The maximum Gasteiger partial charge on any atom is 0.320 e. The summed E-state index contributed by atoms with van der Waals surface area (Å²) in [5, 5.41) is 8.19. The van der Waals surface area contributed by atoms with E-state index in [0.29, 0.717) is 0 Å². The van der Waals surface area contributed by atoms with Gasteiger partial charge in [0.2, 0.25) is 0 Å². The number of rotatable bonds is 3.